The average Bonchev–Trinajstić information content (AvgIpc) is 2.51. The van der Waals surface area contributed by atoms with E-state index < -0.39 is 20.4 Å². The first-order chi connectivity index (χ1) is 6.45. The Bertz CT molecular complexity index is 316. The van der Waals surface area contributed by atoms with Crippen LogP contribution < -0.4 is 0 Å². The summed E-state index contributed by atoms with van der Waals surface area (Å²) in [5, 5.41) is -0.659. The van der Waals surface area contributed by atoms with Crippen molar-refractivity contribution >= 4 is 25.8 Å². The lowest BCUT2D eigenvalue weighted by Gasteiger charge is -2.14. The van der Waals surface area contributed by atoms with Crippen LogP contribution in [-0.2, 0) is 13.8 Å². The quantitative estimate of drug-likeness (QED) is 0.671. The minimum atomic E-state index is -3.56. The van der Waals surface area contributed by atoms with Crippen LogP contribution in [0.4, 0.5) is 4.79 Å². The lowest BCUT2D eigenvalue weighted by Crippen LogP contribution is -2.31. The zero-order chi connectivity index (χ0) is 10.8. The van der Waals surface area contributed by atoms with E-state index in [-0.39, 0.29) is 13.2 Å². The van der Waals surface area contributed by atoms with Crippen LogP contribution in [0.1, 0.15) is 13.3 Å². The third-order valence-electron chi connectivity index (χ3n) is 2.07. The Kier molecular flexibility index (Phi) is 3.60. The molecule has 0 aromatic heterocycles. The molecule has 7 heteroatoms. The average molecular weight is 242 g/mol. The van der Waals surface area contributed by atoms with Gasteiger partial charge in [0.2, 0.25) is 9.05 Å². The number of halogens is 1. The van der Waals surface area contributed by atoms with Gasteiger partial charge in [-0.1, -0.05) is 0 Å². The number of amides is 1. The number of hydrogen-bond donors (Lipinski definition) is 0. The summed E-state index contributed by atoms with van der Waals surface area (Å²) < 4.78 is 26.6. The molecule has 0 radical (unpaired) electrons. The Balaban J connectivity index is 2.54. The van der Waals surface area contributed by atoms with Gasteiger partial charge in [0.25, 0.3) is 0 Å². The van der Waals surface area contributed by atoms with E-state index >= 15 is 0 Å². The van der Waals surface area contributed by atoms with Gasteiger partial charge in [0.15, 0.2) is 0 Å². The number of carbonyl (C=O) groups is 1. The van der Waals surface area contributed by atoms with Gasteiger partial charge in [0, 0.05) is 23.8 Å². The highest BCUT2D eigenvalue weighted by atomic mass is 35.7. The predicted octanol–water partition coefficient (Wildman–Crippen LogP) is 0.786. The van der Waals surface area contributed by atoms with Gasteiger partial charge in [-0.25, -0.2) is 13.2 Å². The first-order valence-electron chi connectivity index (χ1n) is 4.30. The Morgan fingerprint density at radius 2 is 2.29 bits per heavy atom. The number of ether oxygens (including phenoxy) is 1. The van der Waals surface area contributed by atoms with Crippen LogP contribution >= 0.6 is 10.7 Å². The number of nitrogens with zero attached hydrogens (tertiary/aromatic N) is 1. The molecular formula is C7H12ClNO4S. The zero-order valence-electron chi connectivity index (χ0n) is 7.77. The smallest absolute Gasteiger partial charge is 0.409 e. The molecule has 1 fully saturated rings. The number of hydrogen-bond acceptors (Lipinski definition) is 4. The largest absolute Gasteiger partial charge is 0.450 e. The molecule has 0 bridgehead atoms. The Labute approximate surface area is 87.4 Å². The van der Waals surface area contributed by atoms with Crippen LogP contribution in [0.15, 0.2) is 0 Å². The van der Waals surface area contributed by atoms with E-state index in [0.29, 0.717) is 13.0 Å². The molecule has 0 N–H and O–H groups in total. The minimum Gasteiger partial charge on any atom is -0.450 e. The van der Waals surface area contributed by atoms with Crippen LogP contribution in [-0.4, -0.2) is 44.4 Å². The molecule has 1 amide bonds. The number of rotatable bonds is 2. The first kappa shape index (κ1) is 11.6. The molecule has 1 aliphatic heterocycles. The zero-order valence-corrected chi connectivity index (χ0v) is 9.34. The van der Waals surface area contributed by atoms with Crippen LogP contribution in [0.25, 0.3) is 0 Å². The fourth-order valence-corrected chi connectivity index (χ4v) is 2.52. The van der Waals surface area contributed by atoms with Gasteiger partial charge in [0.1, 0.15) is 0 Å². The van der Waals surface area contributed by atoms with E-state index in [9.17, 15) is 13.2 Å². The van der Waals surface area contributed by atoms with E-state index in [1.165, 1.54) is 4.90 Å². The SMILES string of the molecule is CCOC(=O)N1CCC(S(=O)(=O)Cl)C1. The summed E-state index contributed by atoms with van der Waals surface area (Å²) in [7, 11) is 1.62. The molecule has 0 aromatic carbocycles. The van der Waals surface area contributed by atoms with Crippen LogP contribution in [0.5, 0.6) is 0 Å². The lowest BCUT2D eigenvalue weighted by molar-refractivity contribution is 0.116. The maximum absolute atomic E-state index is 11.2. The molecule has 1 heterocycles. The van der Waals surface area contributed by atoms with E-state index in [0.717, 1.165) is 0 Å². The maximum atomic E-state index is 11.2. The van der Waals surface area contributed by atoms with Gasteiger partial charge < -0.3 is 9.64 Å². The first-order valence-corrected chi connectivity index (χ1v) is 6.67. The third kappa shape index (κ3) is 2.75. The molecular weight excluding hydrogens is 230 g/mol. The molecule has 1 unspecified atom stereocenters. The monoisotopic (exact) mass is 241 g/mol. The summed E-state index contributed by atoms with van der Waals surface area (Å²) in [5.41, 5.74) is 0. The number of carbonyl (C=O) groups excluding carboxylic acids is 1. The second kappa shape index (κ2) is 4.35. The molecule has 5 nitrogen and oxygen atoms in total. The van der Waals surface area contributed by atoms with Gasteiger partial charge in [-0.3, -0.25) is 0 Å². The molecule has 1 rings (SSSR count). The van der Waals surface area contributed by atoms with Crippen LogP contribution in [0.3, 0.4) is 0 Å². The standard InChI is InChI=1S/C7H12ClNO4S/c1-2-13-7(10)9-4-3-6(5-9)14(8,11)12/h6H,2-5H2,1H3. The van der Waals surface area contributed by atoms with Gasteiger partial charge in [-0.2, -0.15) is 0 Å². The summed E-state index contributed by atoms with van der Waals surface area (Å²) in [6.07, 6.45) is -0.0969. The van der Waals surface area contributed by atoms with Gasteiger partial charge in [0.05, 0.1) is 11.9 Å². The van der Waals surface area contributed by atoms with Crippen molar-refractivity contribution in [2.24, 2.45) is 0 Å². The summed E-state index contributed by atoms with van der Waals surface area (Å²) in [6.45, 7) is 2.50. The summed E-state index contributed by atoms with van der Waals surface area (Å²) in [4.78, 5) is 12.5. The van der Waals surface area contributed by atoms with Crippen molar-refractivity contribution in [1.82, 2.24) is 4.90 Å². The highest BCUT2D eigenvalue weighted by molar-refractivity contribution is 8.14. The second-order valence-corrected chi connectivity index (χ2v) is 5.94. The van der Waals surface area contributed by atoms with Crippen LogP contribution in [0, 0.1) is 0 Å². The van der Waals surface area contributed by atoms with Crippen molar-refractivity contribution in [3.63, 3.8) is 0 Å². The Morgan fingerprint density at radius 1 is 1.64 bits per heavy atom. The maximum Gasteiger partial charge on any atom is 0.409 e. The van der Waals surface area contributed by atoms with E-state index in [4.69, 9.17) is 15.4 Å². The molecule has 0 aromatic rings. The molecule has 1 aliphatic rings. The molecule has 0 saturated carbocycles. The molecule has 1 saturated heterocycles. The van der Waals surface area contributed by atoms with Gasteiger partial charge in [-0.05, 0) is 13.3 Å². The van der Waals surface area contributed by atoms with Crippen molar-refractivity contribution in [1.29, 1.82) is 0 Å². The second-order valence-electron chi connectivity index (χ2n) is 3.03. The fourth-order valence-electron chi connectivity index (χ4n) is 1.34. The van der Waals surface area contributed by atoms with Crippen molar-refractivity contribution in [2.45, 2.75) is 18.6 Å². The summed E-state index contributed by atoms with van der Waals surface area (Å²) in [5.74, 6) is 0. The van der Waals surface area contributed by atoms with Gasteiger partial charge in [-0.15, -0.1) is 0 Å². The fraction of sp³-hybridized carbons (Fsp3) is 0.857. The third-order valence-corrected chi connectivity index (χ3v) is 4.01. The molecule has 1 atom stereocenters. The Hall–Kier alpha value is -0.490. The molecule has 0 spiro atoms. The van der Waals surface area contributed by atoms with E-state index in [2.05, 4.69) is 0 Å². The van der Waals surface area contributed by atoms with Gasteiger partial charge >= 0.3 is 6.09 Å². The lowest BCUT2D eigenvalue weighted by atomic mass is 10.4. The minimum absolute atomic E-state index is 0.130. The molecule has 0 aliphatic carbocycles. The number of likely N-dealkylation sites (tertiary alicyclic amines) is 1. The normalized spacial score (nSPS) is 22.4. The summed E-state index contributed by atoms with van der Waals surface area (Å²) >= 11 is 0. The Morgan fingerprint density at radius 3 is 2.71 bits per heavy atom. The van der Waals surface area contributed by atoms with Crippen LogP contribution in [0.2, 0.25) is 0 Å². The predicted molar refractivity (Wildman–Crippen MR) is 51.8 cm³/mol. The van der Waals surface area contributed by atoms with Crippen molar-refractivity contribution < 1.29 is 17.9 Å². The van der Waals surface area contributed by atoms with E-state index in [1.54, 1.807) is 6.92 Å². The van der Waals surface area contributed by atoms with Crippen molar-refractivity contribution in [2.75, 3.05) is 19.7 Å². The summed E-state index contributed by atoms with van der Waals surface area (Å²) in [6, 6.07) is 0. The highest BCUT2D eigenvalue weighted by Gasteiger charge is 2.34. The van der Waals surface area contributed by atoms with Crippen molar-refractivity contribution in [3.05, 3.63) is 0 Å². The molecule has 14 heavy (non-hydrogen) atoms. The topological polar surface area (TPSA) is 63.7 Å². The molecule has 82 valence electrons. The van der Waals surface area contributed by atoms with Crippen molar-refractivity contribution in [3.8, 4) is 0 Å². The van der Waals surface area contributed by atoms with E-state index in [1.807, 2.05) is 0 Å². The highest BCUT2D eigenvalue weighted by Crippen LogP contribution is 2.20.